The van der Waals surface area contributed by atoms with Gasteiger partial charge in [0.05, 0.1) is 60.9 Å². The number of aromatic amines is 1. The quantitative estimate of drug-likeness (QED) is 0.0261. The zero-order valence-electron chi connectivity index (χ0n) is 47.7. The molecule has 3 unspecified atom stereocenters. The number of methoxy groups -OCH3 is 1. The summed E-state index contributed by atoms with van der Waals surface area (Å²) in [6.07, 6.45) is 5.91. The second-order valence-electron chi connectivity index (χ2n) is 21.1. The Labute approximate surface area is 505 Å². The van der Waals surface area contributed by atoms with Crippen LogP contribution in [0.3, 0.4) is 0 Å². The molecule has 4 aliphatic heterocycles. The molecular formula is C60H68N6O16P2S2. The number of aromatic nitrogens is 4. The Morgan fingerprint density at radius 3 is 1.93 bits per heavy atom. The van der Waals surface area contributed by atoms with Gasteiger partial charge in [-0.15, -0.1) is 0 Å². The number of carbonyl (C=O) groups excluding carboxylic acids is 2. The number of nitrogens with one attached hydrogen (secondary N) is 1. The fraction of sp³-hybridized carbons (Fsp3) is 0.417. The smallest absolute Gasteiger partial charge is 0.390 e. The van der Waals surface area contributed by atoms with E-state index in [0.717, 1.165) is 51.8 Å². The minimum absolute atomic E-state index is 0.0548. The summed E-state index contributed by atoms with van der Waals surface area (Å²) in [6, 6.07) is 28.3. The zero-order chi connectivity index (χ0) is 60.2. The number of aryl methyl sites for hydroxylation is 1. The molecule has 3 fully saturated rings. The summed E-state index contributed by atoms with van der Waals surface area (Å²) in [6.45, 7) is -4.80. The Hall–Kier alpha value is -6.27. The SMILES string of the molecule is CCCCCCCCCCOc1ccc(C(=O)Oc2ccc(CSP3(=O)OC[C@H]4O[C@@H](n5ccc(=O)[nH]c5=O)[C@H](OP(=O)(SCc5ccc(OC(=O)c6ccc(C)cc6)cc5)OC[C@@H]5C[C@@H](O3)[C@H](C3C=Nc6c(N)ncnc63)O5)[C@@H]4OC)cc2)cc1. The fourth-order valence-electron chi connectivity index (χ4n) is 10.2. The number of fused-ring (bicyclic) bond motifs is 5. The number of hydrogen-bond acceptors (Lipinski definition) is 22. The van der Waals surface area contributed by atoms with Crippen LogP contribution in [-0.2, 0) is 52.9 Å². The van der Waals surface area contributed by atoms with E-state index in [1.807, 2.05) is 19.1 Å². The standard InChI is InChI=1S/C60H68N6O16P2S2/c1-4-5-6-7-8-9-10-11-30-74-43-26-20-42(21-27-43)59(69)79-45-22-14-39(15-23-45)35-85-83(71)76-34-49-54(73-3)55(57(80-49)66-29-28-50(67)65-60(66)70)82-84(72,86-36-40-16-24-44(25-17-40)78-58(68)41-18-12-38(2)13-19-41)75-33-46-31-48(81-83)53(77-46)47-32-62-52-51(47)63-37-64-56(52)61/h12-29,32,37,46-49,53-55,57H,4-11,30-31,33-36H2,1-3H3,(H2,61,63,64)(H,65,67,70)/t46-,47?,48+,49+,53-,54+,55+,57+,83?,84?/m0/s1. The number of nitrogens with zero attached hydrogens (tertiary/aromatic N) is 4. The topological polar surface area (TPSA) is 280 Å². The highest BCUT2D eigenvalue weighted by Gasteiger charge is 2.54. The van der Waals surface area contributed by atoms with E-state index >= 15 is 9.13 Å². The number of aliphatic imine (C=N–C) groups is 1. The normalized spacial score (nSPS) is 25.3. The van der Waals surface area contributed by atoms with E-state index in [4.69, 9.17) is 52.2 Å². The second kappa shape index (κ2) is 29.2. The first-order valence-corrected chi connectivity index (χ1v) is 34.8. The number of ether oxygens (including phenoxy) is 6. The van der Waals surface area contributed by atoms with Crippen molar-refractivity contribution in [1.82, 2.24) is 19.5 Å². The summed E-state index contributed by atoms with van der Waals surface area (Å²) in [5.74, 6) is -0.234. The van der Waals surface area contributed by atoms with Crippen LogP contribution in [0.2, 0.25) is 0 Å². The third kappa shape index (κ3) is 16.1. The maximum atomic E-state index is 15.5. The van der Waals surface area contributed by atoms with Crippen molar-refractivity contribution in [2.45, 2.75) is 132 Å². The van der Waals surface area contributed by atoms with E-state index in [9.17, 15) is 19.2 Å². The molecule has 0 amide bonds. The van der Waals surface area contributed by atoms with Gasteiger partial charge in [-0.1, -0.05) is 93.8 Å². The number of unbranched alkanes of at least 4 members (excludes halogenated alkanes) is 7. The molecule has 10 rings (SSSR count). The monoisotopic (exact) mass is 1250 g/mol. The van der Waals surface area contributed by atoms with Gasteiger partial charge >= 0.3 is 31.2 Å². The van der Waals surface area contributed by atoms with Crippen LogP contribution in [0.4, 0.5) is 11.5 Å². The number of benzene rings is 4. The Morgan fingerprint density at radius 1 is 0.709 bits per heavy atom. The number of esters is 2. The van der Waals surface area contributed by atoms with Gasteiger partial charge in [0.1, 0.15) is 47.6 Å². The molecule has 6 aromatic rings. The van der Waals surface area contributed by atoms with E-state index in [1.54, 1.807) is 91.1 Å². The molecule has 4 aromatic carbocycles. The third-order valence-corrected chi connectivity index (χ3v) is 22.2. The molecule has 0 saturated carbocycles. The highest BCUT2D eigenvalue weighted by molar-refractivity contribution is 8.55. The summed E-state index contributed by atoms with van der Waals surface area (Å²) >= 11 is 1.73. The molecule has 0 aliphatic carbocycles. The molecule has 4 bridgehead atoms. The summed E-state index contributed by atoms with van der Waals surface area (Å²) in [4.78, 5) is 67.2. The number of H-pyrrole nitrogens is 1. The van der Waals surface area contributed by atoms with Crippen molar-refractivity contribution >= 4 is 66.0 Å². The van der Waals surface area contributed by atoms with Crippen LogP contribution in [-0.4, -0.2) is 101 Å². The summed E-state index contributed by atoms with van der Waals surface area (Å²) < 4.78 is 94.4. The number of carbonyl (C=O) groups is 2. The minimum atomic E-state index is -4.39. The molecule has 6 heterocycles. The lowest BCUT2D eigenvalue weighted by atomic mass is 9.96. The lowest BCUT2D eigenvalue weighted by molar-refractivity contribution is -0.0556. The van der Waals surface area contributed by atoms with Crippen molar-refractivity contribution in [2.75, 3.05) is 32.7 Å². The number of nitrogens with two attached hydrogens (primary N) is 1. The Kier molecular flexibility index (Phi) is 21.3. The van der Waals surface area contributed by atoms with E-state index in [-0.39, 0.29) is 41.9 Å². The van der Waals surface area contributed by atoms with Gasteiger partial charge in [-0.2, -0.15) is 0 Å². The molecule has 26 heteroatoms. The van der Waals surface area contributed by atoms with Crippen molar-refractivity contribution in [3.8, 4) is 17.2 Å². The number of hydrogen-bond donors (Lipinski definition) is 2. The maximum absolute atomic E-state index is 15.5. The average molecular weight is 1260 g/mol. The zero-order valence-corrected chi connectivity index (χ0v) is 51.1. The minimum Gasteiger partial charge on any atom is -0.494 e. The highest BCUT2D eigenvalue weighted by atomic mass is 32.7. The molecule has 0 spiro atoms. The van der Waals surface area contributed by atoms with E-state index < -0.39 is 92.2 Å². The van der Waals surface area contributed by atoms with Gasteiger partial charge < -0.3 is 34.2 Å². The second-order valence-corrected chi connectivity index (χ2v) is 29.1. The van der Waals surface area contributed by atoms with Gasteiger partial charge in [-0.3, -0.25) is 37.4 Å². The van der Waals surface area contributed by atoms with E-state index in [2.05, 4.69) is 26.9 Å². The summed E-state index contributed by atoms with van der Waals surface area (Å²) in [5.41, 5.74) is 8.53. The molecule has 456 valence electrons. The van der Waals surface area contributed by atoms with Crippen LogP contribution < -0.4 is 31.2 Å². The lowest BCUT2D eigenvalue weighted by Crippen LogP contribution is -2.40. The van der Waals surface area contributed by atoms with E-state index in [0.29, 0.717) is 46.0 Å². The van der Waals surface area contributed by atoms with Crippen LogP contribution in [0.25, 0.3) is 0 Å². The third-order valence-electron chi connectivity index (χ3n) is 14.8. The van der Waals surface area contributed by atoms with Gasteiger partial charge in [-0.05, 0) is 108 Å². The summed E-state index contributed by atoms with van der Waals surface area (Å²) in [5, 5.41) is 0. The van der Waals surface area contributed by atoms with Crippen LogP contribution >= 0.6 is 36.4 Å². The molecule has 22 nitrogen and oxygen atoms in total. The van der Waals surface area contributed by atoms with Crippen LogP contribution in [0, 0.1) is 6.92 Å². The van der Waals surface area contributed by atoms with Crippen LogP contribution in [0.5, 0.6) is 17.2 Å². The highest BCUT2D eigenvalue weighted by Crippen LogP contribution is 2.67. The molecule has 0 radical (unpaired) electrons. The van der Waals surface area contributed by atoms with Crippen LogP contribution in [0.15, 0.2) is 130 Å². The average Bonchev–Trinajstić information content (AvgIpc) is 1.85. The molecule has 2 aromatic heterocycles. The first-order valence-electron chi connectivity index (χ1n) is 28.5. The molecule has 3 N–H and O–H groups in total. The molecule has 10 atom stereocenters. The number of nitrogen functional groups attached to an aromatic ring is 1. The Morgan fingerprint density at radius 2 is 1.30 bits per heavy atom. The number of anilines is 1. The molecule has 3 saturated heterocycles. The number of rotatable bonds is 23. The first-order chi connectivity index (χ1) is 41.6. The van der Waals surface area contributed by atoms with Crippen LogP contribution in [0.1, 0.15) is 120 Å². The van der Waals surface area contributed by atoms with Crippen molar-refractivity contribution in [2.24, 2.45) is 4.99 Å². The van der Waals surface area contributed by atoms with Gasteiger partial charge in [0, 0.05) is 43.5 Å². The first kappa shape index (κ1) is 62.8. The maximum Gasteiger partial charge on any atom is 0.390 e. The van der Waals surface area contributed by atoms with Gasteiger partial charge in [-0.25, -0.2) is 33.5 Å². The predicted octanol–water partition coefficient (Wildman–Crippen LogP) is 11.6. The van der Waals surface area contributed by atoms with Gasteiger partial charge in [0.2, 0.25) is 0 Å². The van der Waals surface area contributed by atoms with Crippen molar-refractivity contribution in [3.05, 3.63) is 170 Å². The fourth-order valence-corrected chi connectivity index (χ4v) is 17.0. The Bertz CT molecular complexity index is 3540. The largest absolute Gasteiger partial charge is 0.494 e. The molecule has 86 heavy (non-hydrogen) atoms. The van der Waals surface area contributed by atoms with Crippen molar-refractivity contribution < 1.29 is 65.2 Å². The Balaban J connectivity index is 0.859. The lowest BCUT2D eigenvalue weighted by Gasteiger charge is -2.29. The summed E-state index contributed by atoms with van der Waals surface area (Å²) in [7, 11) is 1.36. The van der Waals surface area contributed by atoms with Crippen molar-refractivity contribution in [1.29, 1.82) is 0 Å². The molecule has 4 aliphatic rings. The predicted molar refractivity (Wildman–Crippen MR) is 325 cm³/mol. The molecular weight excluding hydrogens is 1190 g/mol. The van der Waals surface area contributed by atoms with Crippen molar-refractivity contribution in [3.63, 3.8) is 0 Å². The van der Waals surface area contributed by atoms with Gasteiger partial charge in [0.15, 0.2) is 12.0 Å². The van der Waals surface area contributed by atoms with Gasteiger partial charge in [0.25, 0.3) is 5.56 Å². The van der Waals surface area contributed by atoms with E-state index in [1.165, 1.54) is 58.2 Å².